The Morgan fingerprint density at radius 3 is 2.79 bits per heavy atom. The number of hydrogen-bond acceptors (Lipinski definition) is 1. The van der Waals surface area contributed by atoms with Gasteiger partial charge in [0.2, 0.25) is 0 Å². The molecule has 80 valence electrons. The highest BCUT2D eigenvalue weighted by atomic mass is 32.2. The summed E-state index contributed by atoms with van der Waals surface area (Å²) in [5, 5.41) is 0. The fraction of sp³-hybridized carbons (Fsp3) is 0.818. The zero-order valence-corrected chi connectivity index (χ0v) is 9.64. The lowest BCUT2D eigenvalue weighted by Crippen LogP contribution is -2.56. The second kappa shape index (κ2) is 3.17. The quantitative estimate of drug-likeness (QED) is 0.579. The standard InChI is InChI=1S/C11H18O2S/c1-10(2)9-4-3-5-11(10,8-9)6-7-14(12)13/h3,5,9H,4,6-8H2,1-2H3,(H,12,13). The zero-order chi connectivity index (χ0) is 10.4. The Kier molecular flexibility index (Phi) is 2.35. The van der Waals surface area contributed by atoms with Gasteiger partial charge in [0, 0.05) is 0 Å². The predicted molar refractivity (Wildman–Crippen MR) is 58.3 cm³/mol. The van der Waals surface area contributed by atoms with Crippen molar-refractivity contribution in [2.24, 2.45) is 16.7 Å². The first-order valence-corrected chi connectivity index (χ1v) is 6.51. The molecule has 3 aliphatic rings. The maximum Gasteiger partial charge on any atom is 0.152 e. The topological polar surface area (TPSA) is 37.3 Å². The van der Waals surface area contributed by atoms with Crippen LogP contribution in [-0.2, 0) is 11.1 Å². The first-order valence-electron chi connectivity index (χ1n) is 5.23. The predicted octanol–water partition coefficient (Wildman–Crippen LogP) is 2.59. The van der Waals surface area contributed by atoms with Gasteiger partial charge in [-0.2, -0.15) is 0 Å². The van der Waals surface area contributed by atoms with Crippen LogP contribution < -0.4 is 0 Å². The lowest BCUT2D eigenvalue weighted by molar-refractivity contribution is -0.0942. The van der Waals surface area contributed by atoms with Crippen LogP contribution >= 0.6 is 0 Å². The molecule has 2 bridgehead atoms. The third-order valence-corrected chi connectivity index (χ3v) is 5.05. The van der Waals surface area contributed by atoms with E-state index in [0.717, 1.165) is 12.3 Å². The number of rotatable bonds is 3. The molecule has 1 fully saturated rings. The molecule has 0 amide bonds. The minimum Gasteiger partial charge on any atom is -0.306 e. The molecular weight excluding hydrogens is 196 g/mol. The van der Waals surface area contributed by atoms with E-state index < -0.39 is 11.1 Å². The van der Waals surface area contributed by atoms with Gasteiger partial charge in [0.05, 0.1) is 5.75 Å². The molecule has 1 saturated carbocycles. The normalized spacial score (nSPS) is 40.4. The molecule has 0 radical (unpaired) electrons. The molecule has 0 aliphatic heterocycles. The van der Waals surface area contributed by atoms with Gasteiger partial charge < -0.3 is 4.55 Å². The number of fused-ring (bicyclic) bond motifs is 1. The van der Waals surface area contributed by atoms with Gasteiger partial charge in [-0.25, -0.2) is 4.21 Å². The number of hydrogen-bond donors (Lipinski definition) is 1. The molecule has 14 heavy (non-hydrogen) atoms. The Balaban J connectivity index is 2.11. The van der Waals surface area contributed by atoms with E-state index in [-0.39, 0.29) is 5.41 Å². The van der Waals surface area contributed by atoms with Gasteiger partial charge in [-0.3, -0.25) is 0 Å². The van der Waals surface area contributed by atoms with Crippen LogP contribution in [0.4, 0.5) is 0 Å². The molecule has 3 unspecified atom stereocenters. The van der Waals surface area contributed by atoms with Crippen LogP contribution in [0.5, 0.6) is 0 Å². The summed E-state index contributed by atoms with van der Waals surface area (Å²) < 4.78 is 19.5. The minimum atomic E-state index is -1.64. The SMILES string of the molecule is CC1(C)C2CC=CC1(CCS(=O)O)C2. The Morgan fingerprint density at radius 2 is 2.29 bits per heavy atom. The van der Waals surface area contributed by atoms with Gasteiger partial charge in [0.1, 0.15) is 0 Å². The van der Waals surface area contributed by atoms with Crippen LogP contribution in [0.25, 0.3) is 0 Å². The van der Waals surface area contributed by atoms with Crippen LogP contribution in [0.1, 0.15) is 33.1 Å². The van der Waals surface area contributed by atoms with Crippen LogP contribution in [-0.4, -0.2) is 14.5 Å². The molecule has 0 aromatic heterocycles. The Hall–Kier alpha value is -0.150. The van der Waals surface area contributed by atoms with Gasteiger partial charge in [-0.05, 0) is 36.0 Å². The minimum absolute atomic E-state index is 0.217. The van der Waals surface area contributed by atoms with Crippen molar-refractivity contribution < 1.29 is 8.76 Å². The van der Waals surface area contributed by atoms with Crippen LogP contribution in [0.15, 0.2) is 12.2 Å². The molecule has 0 heterocycles. The van der Waals surface area contributed by atoms with E-state index >= 15 is 0 Å². The highest BCUT2D eigenvalue weighted by molar-refractivity contribution is 7.79. The summed E-state index contributed by atoms with van der Waals surface area (Å²) in [6.07, 6.45) is 7.81. The third kappa shape index (κ3) is 1.29. The van der Waals surface area contributed by atoms with E-state index in [1.807, 2.05) is 0 Å². The van der Waals surface area contributed by atoms with Gasteiger partial charge >= 0.3 is 0 Å². The van der Waals surface area contributed by atoms with E-state index in [4.69, 9.17) is 4.55 Å². The highest BCUT2D eigenvalue weighted by Gasteiger charge is 2.58. The van der Waals surface area contributed by atoms with E-state index in [0.29, 0.717) is 11.2 Å². The Labute approximate surface area is 88.1 Å². The maximum atomic E-state index is 10.7. The fourth-order valence-electron chi connectivity index (χ4n) is 3.13. The Morgan fingerprint density at radius 1 is 1.57 bits per heavy atom. The molecule has 3 heteroatoms. The summed E-state index contributed by atoms with van der Waals surface area (Å²) in [5.74, 6) is 1.21. The smallest absolute Gasteiger partial charge is 0.152 e. The van der Waals surface area contributed by atoms with Crippen molar-refractivity contribution in [3.05, 3.63) is 12.2 Å². The van der Waals surface area contributed by atoms with E-state index in [9.17, 15) is 4.21 Å². The molecule has 0 spiro atoms. The average molecular weight is 214 g/mol. The van der Waals surface area contributed by atoms with Gasteiger partial charge in [0.15, 0.2) is 11.1 Å². The summed E-state index contributed by atoms with van der Waals surface area (Å²) in [5.41, 5.74) is 0.551. The van der Waals surface area contributed by atoms with Gasteiger partial charge in [0.25, 0.3) is 0 Å². The van der Waals surface area contributed by atoms with Gasteiger partial charge in [-0.15, -0.1) is 0 Å². The van der Waals surface area contributed by atoms with E-state index in [2.05, 4.69) is 26.0 Å². The van der Waals surface area contributed by atoms with Crippen molar-refractivity contribution in [3.63, 3.8) is 0 Å². The van der Waals surface area contributed by atoms with Crippen molar-refractivity contribution in [2.75, 3.05) is 5.75 Å². The molecule has 3 aliphatic carbocycles. The molecule has 3 atom stereocenters. The second-order valence-corrected chi connectivity index (χ2v) is 6.24. The monoisotopic (exact) mass is 214 g/mol. The van der Waals surface area contributed by atoms with Crippen molar-refractivity contribution in [3.8, 4) is 0 Å². The number of allylic oxidation sites excluding steroid dienone is 2. The van der Waals surface area contributed by atoms with Crippen LogP contribution in [0, 0.1) is 16.7 Å². The second-order valence-electron chi connectivity index (χ2n) is 5.19. The summed E-state index contributed by atoms with van der Waals surface area (Å²) in [6.45, 7) is 4.59. The highest BCUT2D eigenvalue weighted by Crippen LogP contribution is 2.66. The summed E-state index contributed by atoms with van der Waals surface area (Å²) >= 11 is -1.64. The molecule has 0 aromatic carbocycles. The van der Waals surface area contributed by atoms with Crippen LogP contribution in [0.2, 0.25) is 0 Å². The lowest BCUT2D eigenvalue weighted by atomic mass is 9.41. The molecular formula is C11H18O2S. The first-order chi connectivity index (χ1) is 6.48. The Bertz CT molecular complexity index is 296. The summed E-state index contributed by atoms with van der Waals surface area (Å²) in [7, 11) is 0. The van der Waals surface area contributed by atoms with E-state index in [1.165, 1.54) is 12.8 Å². The van der Waals surface area contributed by atoms with Crippen LogP contribution in [0.3, 0.4) is 0 Å². The zero-order valence-electron chi connectivity index (χ0n) is 8.82. The molecule has 1 N–H and O–H groups in total. The van der Waals surface area contributed by atoms with Crippen molar-refractivity contribution in [1.29, 1.82) is 0 Å². The largest absolute Gasteiger partial charge is 0.306 e. The van der Waals surface area contributed by atoms with Gasteiger partial charge in [-0.1, -0.05) is 26.0 Å². The molecule has 3 rings (SSSR count). The van der Waals surface area contributed by atoms with Crippen molar-refractivity contribution >= 4 is 11.1 Å². The fourth-order valence-corrected chi connectivity index (χ4v) is 3.67. The maximum absolute atomic E-state index is 10.7. The first kappa shape index (κ1) is 10.4. The van der Waals surface area contributed by atoms with Crippen molar-refractivity contribution in [1.82, 2.24) is 0 Å². The van der Waals surface area contributed by atoms with E-state index in [1.54, 1.807) is 0 Å². The van der Waals surface area contributed by atoms with Crippen molar-refractivity contribution in [2.45, 2.75) is 33.1 Å². The summed E-state index contributed by atoms with van der Waals surface area (Å²) in [6, 6.07) is 0. The average Bonchev–Trinajstić information content (AvgIpc) is 2.15. The molecule has 2 nitrogen and oxygen atoms in total. The lowest BCUT2D eigenvalue weighted by Gasteiger charge is -2.63. The molecule has 0 aromatic rings. The molecule has 0 saturated heterocycles. The third-order valence-electron chi connectivity index (χ3n) is 4.49. The summed E-state index contributed by atoms with van der Waals surface area (Å²) in [4.78, 5) is 0.